The second-order valence-corrected chi connectivity index (χ2v) is 6.00. The van der Waals surface area contributed by atoms with E-state index in [9.17, 15) is 4.57 Å². The average Bonchev–Trinajstić information content (AvgIpc) is 1.99. The minimum atomic E-state index is -4.35. The predicted molar refractivity (Wildman–Crippen MR) is 58.3 cm³/mol. The minimum absolute atomic E-state index is 0.00248. The molecule has 0 aromatic rings. The fourth-order valence-corrected chi connectivity index (χ4v) is 2.44. The molecule has 15 heavy (non-hydrogen) atoms. The molecule has 2 N–H and O–H groups in total. The maximum Gasteiger partial charge on any atom is 0.469 e. The molecular weight excluding hydrogens is 215 g/mol. The highest BCUT2D eigenvalue weighted by Crippen LogP contribution is 2.43. The van der Waals surface area contributed by atoms with E-state index in [4.69, 9.17) is 9.79 Å². The highest BCUT2D eigenvalue weighted by atomic mass is 31.2. The molecule has 0 aromatic heterocycles. The van der Waals surface area contributed by atoms with Gasteiger partial charge in [0, 0.05) is 0 Å². The minimum Gasteiger partial charge on any atom is -0.303 e. The normalized spacial score (nSPS) is 21.9. The molecule has 0 heterocycles. The summed E-state index contributed by atoms with van der Waals surface area (Å²) in [5.41, 5.74) is 2.24. The molecule has 0 bridgehead atoms. The number of rotatable bonds is 3. The van der Waals surface area contributed by atoms with Gasteiger partial charge >= 0.3 is 7.82 Å². The summed E-state index contributed by atoms with van der Waals surface area (Å²) >= 11 is 0. The average molecular weight is 234 g/mol. The van der Waals surface area contributed by atoms with Crippen molar-refractivity contribution in [2.24, 2.45) is 5.41 Å². The number of hydrogen-bond donors (Lipinski definition) is 2. The zero-order valence-corrected chi connectivity index (χ0v) is 10.4. The Balaban J connectivity index is 2.77. The van der Waals surface area contributed by atoms with Gasteiger partial charge in [-0.25, -0.2) is 4.57 Å². The molecule has 1 aliphatic rings. The van der Waals surface area contributed by atoms with Crippen LogP contribution in [0.15, 0.2) is 11.1 Å². The molecule has 1 aliphatic carbocycles. The molecule has 0 unspecified atom stereocenters. The number of phosphoric ester groups is 1. The quantitative estimate of drug-likeness (QED) is 0.582. The van der Waals surface area contributed by atoms with E-state index in [1.54, 1.807) is 0 Å². The molecule has 1 rings (SSSR count). The summed E-state index contributed by atoms with van der Waals surface area (Å²) in [7, 11) is -4.35. The topological polar surface area (TPSA) is 66.8 Å². The maximum atomic E-state index is 10.6. The Hall–Kier alpha value is -0.150. The van der Waals surface area contributed by atoms with Gasteiger partial charge in [0.25, 0.3) is 0 Å². The monoisotopic (exact) mass is 234 g/mol. The van der Waals surface area contributed by atoms with E-state index in [0.29, 0.717) is 0 Å². The molecule has 0 aliphatic heterocycles. The Morgan fingerprint density at radius 3 is 2.53 bits per heavy atom. The third-order valence-electron chi connectivity index (χ3n) is 3.06. The third-order valence-corrected chi connectivity index (χ3v) is 3.53. The largest absolute Gasteiger partial charge is 0.469 e. The summed E-state index contributed by atoms with van der Waals surface area (Å²) in [5.74, 6) is 0. The van der Waals surface area contributed by atoms with E-state index in [1.807, 2.05) is 6.92 Å². The van der Waals surface area contributed by atoms with Gasteiger partial charge in [-0.1, -0.05) is 19.4 Å². The second-order valence-electron chi connectivity index (χ2n) is 4.76. The van der Waals surface area contributed by atoms with Crippen molar-refractivity contribution in [3.05, 3.63) is 11.1 Å². The first kappa shape index (κ1) is 12.9. The Morgan fingerprint density at radius 2 is 2.07 bits per heavy atom. The van der Waals surface area contributed by atoms with Crippen LogP contribution < -0.4 is 0 Å². The Labute approximate surface area is 90.6 Å². The van der Waals surface area contributed by atoms with E-state index < -0.39 is 7.82 Å². The van der Waals surface area contributed by atoms with Gasteiger partial charge in [0.2, 0.25) is 0 Å². The van der Waals surface area contributed by atoms with Crippen LogP contribution in [0.25, 0.3) is 0 Å². The highest BCUT2D eigenvalue weighted by molar-refractivity contribution is 7.46. The molecule has 0 fully saturated rings. The lowest BCUT2D eigenvalue weighted by Gasteiger charge is -2.34. The van der Waals surface area contributed by atoms with Crippen LogP contribution in [-0.4, -0.2) is 16.4 Å². The summed E-state index contributed by atoms with van der Waals surface area (Å²) in [4.78, 5) is 17.3. The molecule has 0 atom stereocenters. The Morgan fingerprint density at radius 1 is 1.47 bits per heavy atom. The van der Waals surface area contributed by atoms with Crippen molar-refractivity contribution in [3.8, 4) is 0 Å². The summed E-state index contributed by atoms with van der Waals surface area (Å²) in [6.45, 7) is 6.24. The fraction of sp³-hybridized carbons (Fsp3) is 0.800. The van der Waals surface area contributed by atoms with Gasteiger partial charge in [0.15, 0.2) is 0 Å². The summed E-state index contributed by atoms with van der Waals surface area (Å²) in [6, 6.07) is 0. The first-order valence-electron chi connectivity index (χ1n) is 5.11. The maximum absolute atomic E-state index is 10.6. The highest BCUT2D eigenvalue weighted by Gasteiger charge is 2.30. The van der Waals surface area contributed by atoms with Crippen LogP contribution in [0.2, 0.25) is 0 Å². The lowest BCUT2D eigenvalue weighted by atomic mass is 9.73. The van der Waals surface area contributed by atoms with Crippen molar-refractivity contribution in [1.29, 1.82) is 0 Å². The first-order valence-corrected chi connectivity index (χ1v) is 6.64. The predicted octanol–water partition coefficient (Wildman–Crippen LogP) is 2.62. The van der Waals surface area contributed by atoms with E-state index >= 15 is 0 Å². The third kappa shape index (κ3) is 3.72. The van der Waals surface area contributed by atoms with Gasteiger partial charge in [-0.15, -0.1) is 0 Å². The zero-order chi connectivity index (χ0) is 11.7. The van der Waals surface area contributed by atoms with Gasteiger partial charge in [-0.05, 0) is 37.2 Å². The molecule has 0 saturated heterocycles. The number of hydrogen-bond acceptors (Lipinski definition) is 2. The summed E-state index contributed by atoms with van der Waals surface area (Å²) in [5, 5.41) is 0. The molecule has 0 aromatic carbocycles. The molecular formula is C10H19O4P. The van der Waals surface area contributed by atoms with Crippen molar-refractivity contribution in [2.45, 2.75) is 40.0 Å². The van der Waals surface area contributed by atoms with Crippen LogP contribution in [0.5, 0.6) is 0 Å². The summed E-state index contributed by atoms with van der Waals surface area (Å²) in [6.07, 6.45) is 3.19. The Kier molecular flexibility index (Phi) is 3.77. The van der Waals surface area contributed by atoms with Crippen LogP contribution in [0.3, 0.4) is 0 Å². The molecule has 0 amide bonds. The van der Waals surface area contributed by atoms with Gasteiger partial charge < -0.3 is 9.79 Å². The zero-order valence-electron chi connectivity index (χ0n) is 9.49. The SMILES string of the molecule is CC1=C(COP(=O)(O)O)C(C)(C)CCC1. The lowest BCUT2D eigenvalue weighted by Crippen LogP contribution is -2.23. The fourth-order valence-electron chi connectivity index (χ4n) is 2.14. The smallest absolute Gasteiger partial charge is 0.303 e. The van der Waals surface area contributed by atoms with Gasteiger partial charge in [0.1, 0.15) is 0 Å². The molecule has 4 nitrogen and oxygen atoms in total. The molecule has 0 radical (unpaired) electrons. The van der Waals surface area contributed by atoms with Crippen LogP contribution in [0, 0.1) is 5.41 Å². The summed E-state index contributed by atoms with van der Waals surface area (Å²) < 4.78 is 15.2. The van der Waals surface area contributed by atoms with Crippen molar-refractivity contribution < 1.29 is 18.9 Å². The van der Waals surface area contributed by atoms with Crippen molar-refractivity contribution in [2.75, 3.05) is 6.61 Å². The Bertz CT molecular complexity index is 313. The standard InChI is InChI=1S/C10H19O4P/c1-8-5-4-6-10(2,3)9(8)7-14-15(11,12)13/h4-7H2,1-3H3,(H2,11,12,13). The van der Waals surface area contributed by atoms with Crippen LogP contribution in [0.1, 0.15) is 40.0 Å². The van der Waals surface area contributed by atoms with Crippen LogP contribution in [0.4, 0.5) is 0 Å². The van der Waals surface area contributed by atoms with Crippen LogP contribution >= 0.6 is 7.82 Å². The number of allylic oxidation sites excluding steroid dienone is 1. The van der Waals surface area contributed by atoms with E-state index in [-0.39, 0.29) is 12.0 Å². The molecule has 0 saturated carbocycles. The van der Waals surface area contributed by atoms with E-state index in [0.717, 1.165) is 24.8 Å². The van der Waals surface area contributed by atoms with Gasteiger partial charge in [0.05, 0.1) is 6.61 Å². The van der Waals surface area contributed by atoms with E-state index in [1.165, 1.54) is 5.57 Å². The van der Waals surface area contributed by atoms with Crippen LogP contribution in [-0.2, 0) is 9.09 Å². The van der Waals surface area contributed by atoms with Crippen molar-refractivity contribution >= 4 is 7.82 Å². The molecule has 5 heteroatoms. The van der Waals surface area contributed by atoms with Crippen molar-refractivity contribution in [1.82, 2.24) is 0 Å². The van der Waals surface area contributed by atoms with Gasteiger partial charge in [-0.3, -0.25) is 4.52 Å². The number of phosphoric acid groups is 1. The lowest BCUT2D eigenvalue weighted by molar-refractivity contribution is 0.194. The second kappa shape index (κ2) is 4.38. The first-order chi connectivity index (χ1) is 6.72. The van der Waals surface area contributed by atoms with E-state index in [2.05, 4.69) is 18.4 Å². The molecule has 88 valence electrons. The van der Waals surface area contributed by atoms with Crippen molar-refractivity contribution in [3.63, 3.8) is 0 Å². The molecule has 0 spiro atoms. The van der Waals surface area contributed by atoms with Gasteiger partial charge in [-0.2, -0.15) is 0 Å².